The third-order valence-electron chi connectivity index (χ3n) is 3.60. The molecule has 0 aromatic carbocycles. The van der Waals surface area contributed by atoms with Crippen molar-refractivity contribution >= 4 is 5.91 Å². The van der Waals surface area contributed by atoms with E-state index in [0.717, 1.165) is 18.4 Å². The monoisotopic (exact) mass is 235 g/mol. The first-order chi connectivity index (χ1) is 8.27. The van der Waals surface area contributed by atoms with Crippen LogP contribution in [-0.4, -0.2) is 16.1 Å². The molecular weight excluding hydrogens is 214 g/mol. The van der Waals surface area contributed by atoms with Crippen LogP contribution in [0.15, 0.2) is 12.4 Å². The van der Waals surface area contributed by atoms with Crippen molar-refractivity contribution in [1.82, 2.24) is 15.5 Å². The van der Waals surface area contributed by atoms with Gasteiger partial charge in [-0.1, -0.05) is 25.7 Å². The molecule has 4 nitrogen and oxygen atoms in total. The zero-order valence-electron chi connectivity index (χ0n) is 10.4. The molecule has 94 valence electrons. The Bertz CT molecular complexity index is 340. The molecule has 1 aromatic heterocycles. The summed E-state index contributed by atoms with van der Waals surface area (Å²) in [6.45, 7) is 2.00. The minimum atomic E-state index is 0.0458. The molecule has 1 heterocycles. The zero-order valence-corrected chi connectivity index (χ0v) is 10.4. The molecule has 1 aromatic rings. The van der Waals surface area contributed by atoms with E-state index in [2.05, 4.69) is 15.5 Å². The average molecular weight is 235 g/mol. The largest absolute Gasteiger partial charge is 0.349 e. The highest BCUT2D eigenvalue weighted by molar-refractivity contribution is 5.79. The molecule has 1 fully saturated rings. The van der Waals surface area contributed by atoms with Gasteiger partial charge in [-0.2, -0.15) is 5.10 Å². The predicted octanol–water partition coefficient (Wildman–Crippen LogP) is 2.56. The number of H-pyrrole nitrogens is 1. The van der Waals surface area contributed by atoms with Gasteiger partial charge in [0.25, 0.3) is 0 Å². The number of aromatic nitrogens is 2. The number of nitrogens with one attached hydrogen (secondary N) is 2. The van der Waals surface area contributed by atoms with Gasteiger partial charge >= 0.3 is 0 Å². The minimum absolute atomic E-state index is 0.0458. The Hall–Kier alpha value is -1.32. The Morgan fingerprint density at radius 2 is 2.12 bits per heavy atom. The first-order valence-electron chi connectivity index (χ1n) is 6.56. The molecule has 0 bridgehead atoms. The highest BCUT2D eigenvalue weighted by atomic mass is 16.1. The van der Waals surface area contributed by atoms with E-state index in [4.69, 9.17) is 0 Å². The Morgan fingerprint density at radius 3 is 2.71 bits per heavy atom. The van der Waals surface area contributed by atoms with Gasteiger partial charge < -0.3 is 5.32 Å². The third kappa shape index (κ3) is 3.32. The summed E-state index contributed by atoms with van der Waals surface area (Å²) in [6.07, 6.45) is 10.6. The van der Waals surface area contributed by atoms with Gasteiger partial charge in [0.1, 0.15) is 0 Å². The predicted molar refractivity (Wildman–Crippen MR) is 66.3 cm³/mol. The van der Waals surface area contributed by atoms with Crippen molar-refractivity contribution in [3.63, 3.8) is 0 Å². The maximum Gasteiger partial charge on any atom is 0.223 e. The standard InChI is InChI=1S/C13H21N3O/c1-10(12-8-14-15-9-12)16-13(17)11-6-4-2-3-5-7-11/h8-11H,2-7H2,1H3,(H,14,15)(H,16,17). The number of carbonyl (C=O) groups excluding carboxylic acids is 1. The number of carbonyl (C=O) groups is 1. The van der Waals surface area contributed by atoms with E-state index in [9.17, 15) is 4.79 Å². The van der Waals surface area contributed by atoms with Crippen LogP contribution in [-0.2, 0) is 4.79 Å². The molecule has 1 saturated carbocycles. The summed E-state index contributed by atoms with van der Waals surface area (Å²) in [6, 6.07) is 0.0458. The van der Waals surface area contributed by atoms with Crippen molar-refractivity contribution in [2.45, 2.75) is 51.5 Å². The van der Waals surface area contributed by atoms with Crippen LogP contribution in [0.4, 0.5) is 0 Å². The maximum atomic E-state index is 12.1. The summed E-state index contributed by atoms with van der Waals surface area (Å²) in [4.78, 5) is 12.1. The SMILES string of the molecule is CC(NC(=O)C1CCCCCC1)c1cn[nH]c1. The molecule has 1 aliphatic rings. The molecule has 1 amide bonds. The lowest BCUT2D eigenvalue weighted by molar-refractivity contribution is -0.126. The second kappa shape index (κ2) is 5.84. The van der Waals surface area contributed by atoms with Crippen LogP contribution in [0.25, 0.3) is 0 Å². The van der Waals surface area contributed by atoms with Gasteiger partial charge in [0.15, 0.2) is 0 Å². The Labute approximate surface area is 102 Å². The molecule has 2 rings (SSSR count). The molecule has 1 unspecified atom stereocenters. The highest BCUT2D eigenvalue weighted by Crippen LogP contribution is 2.23. The van der Waals surface area contributed by atoms with Gasteiger partial charge in [-0.15, -0.1) is 0 Å². The van der Waals surface area contributed by atoms with E-state index in [1.54, 1.807) is 6.20 Å². The van der Waals surface area contributed by atoms with E-state index in [0.29, 0.717) is 0 Å². The Kier molecular flexibility index (Phi) is 4.18. The van der Waals surface area contributed by atoms with Crippen molar-refractivity contribution in [3.8, 4) is 0 Å². The third-order valence-corrected chi connectivity index (χ3v) is 3.60. The summed E-state index contributed by atoms with van der Waals surface area (Å²) < 4.78 is 0. The van der Waals surface area contributed by atoms with Crippen molar-refractivity contribution < 1.29 is 4.79 Å². The summed E-state index contributed by atoms with van der Waals surface area (Å²) in [7, 11) is 0. The molecule has 0 radical (unpaired) electrons. The molecule has 4 heteroatoms. The quantitative estimate of drug-likeness (QED) is 0.791. The number of nitrogens with zero attached hydrogens (tertiary/aromatic N) is 1. The van der Waals surface area contributed by atoms with Crippen LogP contribution >= 0.6 is 0 Å². The van der Waals surface area contributed by atoms with Crippen LogP contribution in [0, 0.1) is 5.92 Å². The second-order valence-electron chi connectivity index (χ2n) is 4.95. The molecule has 0 saturated heterocycles. The summed E-state index contributed by atoms with van der Waals surface area (Å²) in [5.41, 5.74) is 1.03. The number of amides is 1. The van der Waals surface area contributed by atoms with E-state index >= 15 is 0 Å². The van der Waals surface area contributed by atoms with E-state index < -0.39 is 0 Å². The molecule has 1 atom stereocenters. The lowest BCUT2D eigenvalue weighted by Crippen LogP contribution is -2.32. The molecule has 2 N–H and O–H groups in total. The maximum absolute atomic E-state index is 12.1. The number of hydrogen-bond donors (Lipinski definition) is 2. The second-order valence-corrected chi connectivity index (χ2v) is 4.95. The number of aromatic amines is 1. The van der Waals surface area contributed by atoms with Crippen LogP contribution in [0.1, 0.15) is 57.1 Å². The highest BCUT2D eigenvalue weighted by Gasteiger charge is 2.21. The fraction of sp³-hybridized carbons (Fsp3) is 0.692. The van der Waals surface area contributed by atoms with Crippen LogP contribution < -0.4 is 5.32 Å². The molecule has 1 aliphatic carbocycles. The zero-order chi connectivity index (χ0) is 12.1. The summed E-state index contributed by atoms with van der Waals surface area (Å²) in [5, 5.41) is 9.75. The summed E-state index contributed by atoms with van der Waals surface area (Å²) >= 11 is 0. The topological polar surface area (TPSA) is 57.8 Å². The smallest absolute Gasteiger partial charge is 0.223 e. The lowest BCUT2D eigenvalue weighted by Gasteiger charge is -2.18. The lowest BCUT2D eigenvalue weighted by atomic mass is 9.99. The van der Waals surface area contributed by atoms with E-state index in [-0.39, 0.29) is 17.9 Å². The van der Waals surface area contributed by atoms with Gasteiger partial charge in [-0.3, -0.25) is 9.89 Å². The molecule has 0 aliphatic heterocycles. The van der Waals surface area contributed by atoms with Gasteiger partial charge in [0.2, 0.25) is 5.91 Å². The van der Waals surface area contributed by atoms with Crippen LogP contribution in [0.3, 0.4) is 0 Å². The molecule has 17 heavy (non-hydrogen) atoms. The fourth-order valence-corrected chi connectivity index (χ4v) is 2.45. The van der Waals surface area contributed by atoms with Crippen molar-refractivity contribution in [1.29, 1.82) is 0 Å². The first kappa shape index (κ1) is 12.1. The van der Waals surface area contributed by atoms with Gasteiger partial charge in [-0.05, 0) is 19.8 Å². The van der Waals surface area contributed by atoms with Gasteiger partial charge in [0.05, 0.1) is 12.2 Å². The Morgan fingerprint density at radius 1 is 1.41 bits per heavy atom. The van der Waals surface area contributed by atoms with E-state index in [1.807, 2.05) is 13.1 Å². The number of hydrogen-bond acceptors (Lipinski definition) is 2. The Balaban J connectivity index is 1.87. The summed E-state index contributed by atoms with van der Waals surface area (Å²) in [5.74, 6) is 0.424. The van der Waals surface area contributed by atoms with Crippen molar-refractivity contribution in [2.75, 3.05) is 0 Å². The van der Waals surface area contributed by atoms with Crippen LogP contribution in [0.2, 0.25) is 0 Å². The van der Waals surface area contributed by atoms with E-state index in [1.165, 1.54) is 25.7 Å². The minimum Gasteiger partial charge on any atom is -0.349 e. The van der Waals surface area contributed by atoms with Gasteiger partial charge in [0, 0.05) is 17.7 Å². The van der Waals surface area contributed by atoms with Crippen molar-refractivity contribution in [2.24, 2.45) is 5.92 Å². The number of rotatable bonds is 3. The normalized spacial score (nSPS) is 19.6. The van der Waals surface area contributed by atoms with Gasteiger partial charge in [-0.25, -0.2) is 0 Å². The first-order valence-corrected chi connectivity index (χ1v) is 6.56. The van der Waals surface area contributed by atoms with Crippen LogP contribution in [0.5, 0.6) is 0 Å². The molecular formula is C13H21N3O. The fourth-order valence-electron chi connectivity index (χ4n) is 2.45. The average Bonchev–Trinajstić information content (AvgIpc) is 2.71. The van der Waals surface area contributed by atoms with Crippen molar-refractivity contribution in [3.05, 3.63) is 18.0 Å². The molecule has 0 spiro atoms.